The van der Waals surface area contributed by atoms with Gasteiger partial charge in [0.1, 0.15) is 5.37 Å². The molecule has 1 aromatic carbocycles. The molecule has 3 rings (SSSR count). The topological polar surface area (TPSA) is 33.2 Å². The van der Waals surface area contributed by atoms with Crippen molar-refractivity contribution in [1.82, 2.24) is 4.98 Å². The van der Waals surface area contributed by atoms with E-state index in [-0.39, 0.29) is 11.3 Å². The summed E-state index contributed by atoms with van der Waals surface area (Å²) in [6.07, 6.45) is 3.58. The highest BCUT2D eigenvalue weighted by Crippen LogP contribution is 2.42. The van der Waals surface area contributed by atoms with Crippen molar-refractivity contribution in [1.29, 1.82) is 0 Å². The van der Waals surface area contributed by atoms with Gasteiger partial charge in [0, 0.05) is 28.1 Å². The van der Waals surface area contributed by atoms with Crippen LogP contribution in [0.3, 0.4) is 0 Å². The van der Waals surface area contributed by atoms with Crippen molar-refractivity contribution in [3.8, 4) is 0 Å². The zero-order chi connectivity index (χ0) is 14.1. The van der Waals surface area contributed by atoms with Crippen LogP contribution in [0.1, 0.15) is 16.5 Å². The highest BCUT2D eigenvalue weighted by molar-refractivity contribution is 9.10. The lowest BCUT2D eigenvalue weighted by Crippen LogP contribution is -2.28. The predicted molar refractivity (Wildman–Crippen MR) is 85.8 cm³/mol. The van der Waals surface area contributed by atoms with E-state index < -0.39 is 0 Å². The van der Waals surface area contributed by atoms with Gasteiger partial charge < -0.3 is 0 Å². The van der Waals surface area contributed by atoms with E-state index in [1.54, 1.807) is 18.0 Å². The molecule has 1 aromatic heterocycles. The number of amides is 1. The van der Waals surface area contributed by atoms with Crippen molar-refractivity contribution < 1.29 is 4.79 Å². The molecule has 0 N–H and O–H groups in total. The summed E-state index contributed by atoms with van der Waals surface area (Å²) >= 11 is 5.11. The average Bonchev–Trinajstić information content (AvgIpc) is 2.82. The third-order valence-corrected chi connectivity index (χ3v) is 4.96. The van der Waals surface area contributed by atoms with Gasteiger partial charge in [0.25, 0.3) is 0 Å². The predicted octanol–water partition coefficient (Wildman–Crippen LogP) is 3.93. The van der Waals surface area contributed by atoms with Gasteiger partial charge in [-0.15, -0.1) is 11.8 Å². The Balaban J connectivity index is 2.03. The highest BCUT2D eigenvalue weighted by Gasteiger charge is 2.34. The molecule has 1 unspecified atom stereocenters. The molecule has 0 bridgehead atoms. The lowest BCUT2D eigenvalue weighted by molar-refractivity contribution is -0.115. The van der Waals surface area contributed by atoms with Gasteiger partial charge in [0.05, 0.1) is 5.75 Å². The minimum Gasteiger partial charge on any atom is -0.295 e. The Morgan fingerprint density at radius 2 is 2.25 bits per heavy atom. The second kappa shape index (κ2) is 5.58. The normalized spacial score (nSPS) is 18.6. The molecule has 1 aliphatic heterocycles. The number of rotatable bonds is 2. The third-order valence-electron chi connectivity index (χ3n) is 3.26. The lowest BCUT2D eigenvalue weighted by Gasteiger charge is -2.25. The van der Waals surface area contributed by atoms with Crippen LogP contribution in [-0.2, 0) is 4.79 Å². The Bertz CT molecular complexity index is 648. The third kappa shape index (κ3) is 2.47. The van der Waals surface area contributed by atoms with Gasteiger partial charge in [-0.3, -0.25) is 14.7 Å². The molecule has 1 saturated heterocycles. The van der Waals surface area contributed by atoms with Gasteiger partial charge in [-0.05, 0) is 36.8 Å². The second-order valence-electron chi connectivity index (χ2n) is 4.64. The zero-order valence-corrected chi connectivity index (χ0v) is 13.3. The van der Waals surface area contributed by atoms with Gasteiger partial charge in [0.15, 0.2) is 0 Å². The Hall–Kier alpha value is -1.33. The minimum atomic E-state index is 0.0103. The standard InChI is InChI=1S/C15H13BrN2OS/c1-10-7-12(16)4-5-13(10)18-14(19)9-20-15(18)11-3-2-6-17-8-11/h2-8,15H,9H2,1H3. The summed E-state index contributed by atoms with van der Waals surface area (Å²) in [5.41, 5.74) is 3.12. The highest BCUT2D eigenvalue weighted by atomic mass is 79.9. The molecule has 0 radical (unpaired) electrons. The largest absolute Gasteiger partial charge is 0.295 e. The Kier molecular flexibility index (Phi) is 3.81. The maximum absolute atomic E-state index is 12.3. The van der Waals surface area contributed by atoms with Crippen LogP contribution in [0, 0.1) is 6.92 Å². The average molecular weight is 349 g/mol. The van der Waals surface area contributed by atoms with Crippen LogP contribution in [0.25, 0.3) is 0 Å². The number of nitrogens with zero attached hydrogens (tertiary/aromatic N) is 2. The maximum Gasteiger partial charge on any atom is 0.238 e. The van der Waals surface area contributed by atoms with Crippen LogP contribution < -0.4 is 4.90 Å². The van der Waals surface area contributed by atoms with E-state index in [1.807, 2.05) is 48.4 Å². The minimum absolute atomic E-state index is 0.0103. The van der Waals surface area contributed by atoms with E-state index in [2.05, 4.69) is 20.9 Å². The molecule has 1 amide bonds. The number of hydrogen-bond donors (Lipinski definition) is 0. The van der Waals surface area contributed by atoms with Crippen molar-refractivity contribution in [2.24, 2.45) is 0 Å². The number of aryl methyl sites for hydroxylation is 1. The molecule has 0 aliphatic carbocycles. The van der Waals surface area contributed by atoms with Gasteiger partial charge >= 0.3 is 0 Å². The Morgan fingerprint density at radius 1 is 1.40 bits per heavy atom. The molecule has 20 heavy (non-hydrogen) atoms. The summed E-state index contributed by atoms with van der Waals surface area (Å²) in [4.78, 5) is 18.3. The molecule has 3 nitrogen and oxygen atoms in total. The van der Waals surface area contributed by atoms with Crippen LogP contribution in [-0.4, -0.2) is 16.6 Å². The van der Waals surface area contributed by atoms with Crippen molar-refractivity contribution in [2.45, 2.75) is 12.3 Å². The monoisotopic (exact) mass is 348 g/mol. The van der Waals surface area contributed by atoms with Gasteiger partial charge in [-0.1, -0.05) is 22.0 Å². The smallest absolute Gasteiger partial charge is 0.238 e. The van der Waals surface area contributed by atoms with Crippen LogP contribution in [0.2, 0.25) is 0 Å². The first-order chi connectivity index (χ1) is 9.66. The fraction of sp³-hybridized carbons (Fsp3) is 0.200. The molecule has 0 saturated carbocycles. The van der Waals surface area contributed by atoms with E-state index in [1.165, 1.54) is 0 Å². The number of halogens is 1. The summed E-state index contributed by atoms with van der Waals surface area (Å²) < 4.78 is 1.02. The van der Waals surface area contributed by atoms with Crippen LogP contribution in [0.5, 0.6) is 0 Å². The number of carbonyl (C=O) groups excluding carboxylic acids is 1. The van der Waals surface area contributed by atoms with Crippen molar-refractivity contribution in [2.75, 3.05) is 10.7 Å². The van der Waals surface area contributed by atoms with Gasteiger partial charge in [-0.25, -0.2) is 0 Å². The number of benzene rings is 1. The molecule has 2 aromatic rings. The van der Waals surface area contributed by atoms with E-state index >= 15 is 0 Å². The SMILES string of the molecule is Cc1cc(Br)ccc1N1C(=O)CSC1c1cccnc1. The molecule has 5 heteroatoms. The number of hydrogen-bond acceptors (Lipinski definition) is 3. The number of aromatic nitrogens is 1. The fourth-order valence-corrected chi connectivity index (χ4v) is 3.97. The summed E-state index contributed by atoms with van der Waals surface area (Å²) in [7, 11) is 0. The van der Waals surface area contributed by atoms with Gasteiger partial charge in [0.2, 0.25) is 5.91 Å². The zero-order valence-electron chi connectivity index (χ0n) is 10.9. The first kappa shape index (κ1) is 13.6. The van der Waals surface area contributed by atoms with Crippen LogP contribution in [0.4, 0.5) is 5.69 Å². The number of carbonyl (C=O) groups is 1. The number of anilines is 1. The Labute approximate surface area is 130 Å². The molecular weight excluding hydrogens is 336 g/mol. The molecular formula is C15H13BrN2OS. The summed E-state index contributed by atoms with van der Waals surface area (Å²) in [5.74, 6) is 0.656. The first-order valence-electron chi connectivity index (χ1n) is 6.26. The molecule has 1 aliphatic rings. The summed E-state index contributed by atoms with van der Waals surface area (Å²) in [6.45, 7) is 2.02. The van der Waals surface area contributed by atoms with Crippen molar-refractivity contribution >= 4 is 39.3 Å². The van der Waals surface area contributed by atoms with Crippen LogP contribution >= 0.6 is 27.7 Å². The van der Waals surface area contributed by atoms with Gasteiger partial charge in [-0.2, -0.15) is 0 Å². The number of thioether (sulfide) groups is 1. The first-order valence-corrected chi connectivity index (χ1v) is 8.11. The lowest BCUT2D eigenvalue weighted by atomic mass is 10.1. The summed E-state index contributed by atoms with van der Waals surface area (Å²) in [5, 5.41) is 0.0103. The van der Waals surface area contributed by atoms with E-state index in [0.29, 0.717) is 5.75 Å². The quantitative estimate of drug-likeness (QED) is 0.824. The molecule has 0 spiro atoms. The van der Waals surface area contributed by atoms with Crippen molar-refractivity contribution in [3.63, 3.8) is 0 Å². The van der Waals surface area contributed by atoms with Crippen LogP contribution in [0.15, 0.2) is 47.2 Å². The molecule has 1 atom stereocenters. The van der Waals surface area contributed by atoms with E-state index in [0.717, 1.165) is 21.3 Å². The Morgan fingerprint density at radius 3 is 2.95 bits per heavy atom. The molecule has 2 heterocycles. The summed E-state index contributed by atoms with van der Waals surface area (Å²) in [6, 6.07) is 9.92. The fourth-order valence-electron chi connectivity index (χ4n) is 2.34. The van der Waals surface area contributed by atoms with E-state index in [9.17, 15) is 4.79 Å². The molecule has 102 valence electrons. The van der Waals surface area contributed by atoms with E-state index in [4.69, 9.17) is 0 Å². The molecule has 1 fully saturated rings. The number of pyridine rings is 1. The second-order valence-corrected chi connectivity index (χ2v) is 6.63. The van der Waals surface area contributed by atoms with Crippen molar-refractivity contribution in [3.05, 3.63) is 58.3 Å². The maximum atomic E-state index is 12.3.